The van der Waals surface area contributed by atoms with Gasteiger partial charge in [-0.05, 0) is 55.3 Å². The molecule has 0 saturated carbocycles. The molecule has 0 N–H and O–H groups in total. The number of Topliss-reactive ketones (excluding diaryl/α,β-unsaturated/α-hetero) is 1. The van der Waals surface area contributed by atoms with E-state index in [4.69, 9.17) is 23.7 Å². The first-order valence-electron chi connectivity index (χ1n) is 12.0. The van der Waals surface area contributed by atoms with Crippen molar-refractivity contribution < 1.29 is 28.5 Å². The summed E-state index contributed by atoms with van der Waals surface area (Å²) in [7, 11) is 3.26. The highest BCUT2D eigenvalue weighted by atomic mass is 16.5. The summed E-state index contributed by atoms with van der Waals surface area (Å²) >= 11 is 0. The van der Waals surface area contributed by atoms with Crippen LogP contribution in [0, 0.1) is 0 Å². The van der Waals surface area contributed by atoms with Crippen molar-refractivity contribution in [1.29, 1.82) is 0 Å². The predicted molar refractivity (Wildman–Crippen MR) is 136 cm³/mol. The molecule has 186 valence electrons. The molecule has 2 aliphatic rings. The Morgan fingerprint density at radius 2 is 1.83 bits per heavy atom. The number of hydrogen-bond donors (Lipinski definition) is 0. The van der Waals surface area contributed by atoms with E-state index < -0.39 is 0 Å². The van der Waals surface area contributed by atoms with E-state index in [9.17, 15) is 4.79 Å². The molecule has 5 rings (SSSR count). The first-order valence-corrected chi connectivity index (χ1v) is 12.0. The summed E-state index contributed by atoms with van der Waals surface area (Å²) < 4.78 is 28.6. The molecule has 3 aromatic rings. The van der Waals surface area contributed by atoms with Gasteiger partial charge in [0.15, 0.2) is 17.3 Å². The topological polar surface area (TPSA) is 66.5 Å². The molecule has 0 unspecified atom stereocenters. The monoisotopic (exact) mass is 487 g/mol. The Bertz CT molecular complexity index is 1320. The molecule has 0 saturated heterocycles. The second-order valence-electron chi connectivity index (χ2n) is 8.59. The number of fused-ring (bicyclic) bond motifs is 3. The molecule has 0 atom stereocenters. The van der Waals surface area contributed by atoms with Gasteiger partial charge in [-0.2, -0.15) is 0 Å². The third kappa shape index (κ3) is 4.62. The number of nitrogens with zero attached hydrogens (tertiary/aromatic N) is 1. The van der Waals surface area contributed by atoms with Gasteiger partial charge in [-0.25, -0.2) is 0 Å². The van der Waals surface area contributed by atoms with Gasteiger partial charge in [-0.15, -0.1) is 0 Å². The Labute approximate surface area is 210 Å². The van der Waals surface area contributed by atoms with Crippen LogP contribution in [0.15, 0.2) is 60.4 Å². The molecule has 0 amide bonds. The van der Waals surface area contributed by atoms with E-state index in [0.717, 1.165) is 35.4 Å². The zero-order valence-corrected chi connectivity index (χ0v) is 20.7. The summed E-state index contributed by atoms with van der Waals surface area (Å²) in [4.78, 5) is 15.3. The van der Waals surface area contributed by atoms with Gasteiger partial charge in [0.25, 0.3) is 0 Å². The zero-order chi connectivity index (χ0) is 25.1. The first kappa shape index (κ1) is 23.8. The van der Waals surface area contributed by atoms with Crippen molar-refractivity contribution >= 4 is 11.9 Å². The smallest absolute Gasteiger partial charge is 0.231 e. The molecule has 0 bridgehead atoms. The van der Waals surface area contributed by atoms with E-state index in [2.05, 4.69) is 4.90 Å². The normalized spacial score (nSPS) is 15.6. The van der Waals surface area contributed by atoms with Gasteiger partial charge in [0, 0.05) is 18.7 Å². The summed E-state index contributed by atoms with van der Waals surface area (Å²) in [6.45, 7) is 4.34. The molecule has 2 aliphatic heterocycles. The molecule has 2 heterocycles. The SMILES string of the molecule is CCOc1ccccc1/C=C1\Oc2c(ccc3c2CN(CCc2ccc(OC)c(OC)c2)CO3)C1=O. The number of carbonyl (C=O) groups is 1. The van der Waals surface area contributed by atoms with Crippen LogP contribution in [0.5, 0.6) is 28.7 Å². The zero-order valence-electron chi connectivity index (χ0n) is 20.7. The van der Waals surface area contributed by atoms with Gasteiger partial charge < -0.3 is 23.7 Å². The number of ketones is 1. The molecular weight excluding hydrogens is 458 g/mol. The average molecular weight is 488 g/mol. The Kier molecular flexibility index (Phi) is 6.82. The van der Waals surface area contributed by atoms with E-state index in [1.54, 1.807) is 26.4 Å². The third-order valence-corrected chi connectivity index (χ3v) is 6.35. The largest absolute Gasteiger partial charge is 0.493 e. The molecular formula is C29H29NO6. The lowest BCUT2D eigenvalue weighted by molar-refractivity contribution is 0.0949. The fourth-order valence-corrected chi connectivity index (χ4v) is 4.50. The third-order valence-electron chi connectivity index (χ3n) is 6.35. The molecule has 36 heavy (non-hydrogen) atoms. The maximum atomic E-state index is 13.2. The van der Waals surface area contributed by atoms with Crippen LogP contribution in [0.2, 0.25) is 0 Å². The molecule has 0 radical (unpaired) electrons. The minimum atomic E-state index is -0.137. The van der Waals surface area contributed by atoms with Crippen LogP contribution in [0.25, 0.3) is 6.08 Å². The van der Waals surface area contributed by atoms with Gasteiger partial charge >= 0.3 is 0 Å². The van der Waals surface area contributed by atoms with E-state index >= 15 is 0 Å². The van der Waals surface area contributed by atoms with Gasteiger partial charge in [0.05, 0.1) is 32.0 Å². The standard InChI is InChI=1S/C29H29NO6/c1-4-34-23-8-6-5-7-20(23)16-27-28(31)21-10-12-24-22(29(21)36-27)17-30(18-35-24)14-13-19-9-11-25(32-2)26(15-19)33-3/h5-12,15-16H,4,13-14,17-18H2,1-3H3/b27-16-. The van der Waals surface area contributed by atoms with Crippen LogP contribution in [0.3, 0.4) is 0 Å². The van der Waals surface area contributed by atoms with E-state index in [-0.39, 0.29) is 11.5 Å². The van der Waals surface area contributed by atoms with E-state index in [1.807, 2.05) is 55.5 Å². The predicted octanol–water partition coefficient (Wildman–Crippen LogP) is 5.11. The summed E-state index contributed by atoms with van der Waals surface area (Å²) in [5, 5.41) is 0. The fraction of sp³-hybridized carbons (Fsp3) is 0.276. The fourth-order valence-electron chi connectivity index (χ4n) is 4.50. The summed E-state index contributed by atoms with van der Waals surface area (Å²) in [5.41, 5.74) is 3.39. The second kappa shape index (κ2) is 10.3. The minimum Gasteiger partial charge on any atom is -0.493 e. The average Bonchev–Trinajstić information content (AvgIpc) is 3.23. The van der Waals surface area contributed by atoms with Gasteiger partial charge in [0.1, 0.15) is 24.0 Å². The summed E-state index contributed by atoms with van der Waals surface area (Å²) in [6, 6.07) is 17.2. The van der Waals surface area contributed by atoms with E-state index in [1.165, 1.54) is 0 Å². The van der Waals surface area contributed by atoms with Crippen LogP contribution in [0.4, 0.5) is 0 Å². The van der Waals surface area contributed by atoms with Crippen LogP contribution in [-0.4, -0.2) is 44.8 Å². The molecule has 0 spiro atoms. The molecule has 7 nitrogen and oxygen atoms in total. The molecule has 0 fully saturated rings. The van der Waals surface area contributed by atoms with Crippen molar-refractivity contribution in [2.75, 3.05) is 34.1 Å². The Morgan fingerprint density at radius 3 is 2.64 bits per heavy atom. The van der Waals surface area contributed by atoms with E-state index in [0.29, 0.717) is 48.4 Å². The van der Waals surface area contributed by atoms with Gasteiger partial charge in [-0.3, -0.25) is 9.69 Å². The number of benzene rings is 3. The number of carbonyl (C=O) groups excluding carboxylic acids is 1. The van der Waals surface area contributed by atoms with Crippen LogP contribution >= 0.6 is 0 Å². The van der Waals surface area contributed by atoms with Crippen LogP contribution in [0.1, 0.15) is 34.0 Å². The highest BCUT2D eigenvalue weighted by Gasteiger charge is 2.33. The van der Waals surface area contributed by atoms with Crippen molar-refractivity contribution in [3.8, 4) is 28.7 Å². The van der Waals surface area contributed by atoms with Gasteiger partial charge in [0.2, 0.25) is 5.78 Å². The lowest BCUT2D eigenvalue weighted by Gasteiger charge is -2.29. The number of hydrogen-bond acceptors (Lipinski definition) is 7. The van der Waals surface area contributed by atoms with Crippen molar-refractivity contribution in [2.24, 2.45) is 0 Å². The molecule has 3 aromatic carbocycles. The number of methoxy groups -OCH3 is 2. The van der Waals surface area contributed by atoms with Crippen molar-refractivity contribution in [1.82, 2.24) is 4.90 Å². The quantitative estimate of drug-likeness (QED) is 0.409. The number of allylic oxidation sites excluding steroid dienone is 1. The van der Waals surface area contributed by atoms with Crippen molar-refractivity contribution in [2.45, 2.75) is 19.9 Å². The Balaban J connectivity index is 1.34. The van der Waals surface area contributed by atoms with Crippen LogP contribution in [-0.2, 0) is 13.0 Å². The maximum Gasteiger partial charge on any atom is 0.231 e. The number of para-hydroxylation sites is 1. The Morgan fingerprint density at radius 1 is 1.00 bits per heavy atom. The number of ether oxygens (including phenoxy) is 5. The van der Waals surface area contributed by atoms with Crippen molar-refractivity contribution in [3.05, 3.63) is 82.6 Å². The second-order valence-corrected chi connectivity index (χ2v) is 8.59. The minimum absolute atomic E-state index is 0.137. The highest BCUT2D eigenvalue weighted by molar-refractivity contribution is 6.15. The highest BCUT2D eigenvalue weighted by Crippen LogP contribution is 2.42. The molecule has 7 heteroatoms. The summed E-state index contributed by atoms with van der Waals surface area (Å²) in [6.07, 6.45) is 2.56. The van der Waals surface area contributed by atoms with Crippen molar-refractivity contribution in [3.63, 3.8) is 0 Å². The van der Waals surface area contributed by atoms with Crippen LogP contribution < -0.4 is 23.7 Å². The first-order chi connectivity index (χ1) is 17.6. The maximum absolute atomic E-state index is 13.2. The summed E-state index contributed by atoms with van der Waals surface area (Å²) in [5.74, 6) is 3.61. The Hall–Kier alpha value is -3.97. The lowest BCUT2D eigenvalue weighted by Crippen LogP contribution is -2.33. The lowest BCUT2D eigenvalue weighted by atomic mass is 10.0. The molecule has 0 aromatic heterocycles. The number of rotatable bonds is 8. The molecule has 0 aliphatic carbocycles. The van der Waals surface area contributed by atoms with Gasteiger partial charge in [-0.1, -0.05) is 24.3 Å².